The predicted molar refractivity (Wildman–Crippen MR) is 63.9 cm³/mol. The summed E-state index contributed by atoms with van der Waals surface area (Å²) in [5.41, 5.74) is 5.98. The van der Waals surface area contributed by atoms with E-state index in [0.29, 0.717) is 12.1 Å². The molecule has 2 N–H and O–H groups in total. The van der Waals surface area contributed by atoms with E-state index in [0.717, 1.165) is 6.04 Å². The van der Waals surface area contributed by atoms with Gasteiger partial charge in [-0.2, -0.15) is 0 Å². The molecule has 0 spiro atoms. The van der Waals surface area contributed by atoms with Crippen molar-refractivity contribution in [2.24, 2.45) is 5.73 Å². The molecule has 2 rings (SSSR count). The van der Waals surface area contributed by atoms with E-state index in [4.69, 9.17) is 5.73 Å². The van der Waals surface area contributed by atoms with Gasteiger partial charge in [0.25, 0.3) is 0 Å². The molecule has 0 amide bonds. The summed E-state index contributed by atoms with van der Waals surface area (Å²) in [6.45, 7) is 9.41. The summed E-state index contributed by atoms with van der Waals surface area (Å²) < 4.78 is 0. The van der Waals surface area contributed by atoms with Crippen LogP contribution in [0, 0.1) is 0 Å². The number of nitrogens with two attached hydrogens (primary N) is 1. The topological polar surface area (TPSA) is 32.5 Å². The third kappa shape index (κ3) is 2.52. The summed E-state index contributed by atoms with van der Waals surface area (Å²) >= 11 is 0. The van der Waals surface area contributed by atoms with Crippen LogP contribution in [0.1, 0.15) is 33.1 Å². The molecule has 0 aromatic carbocycles. The maximum atomic E-state index is 5.98. The van der Waals surface area contributed by atoms with Gasteiger partial charge in [-0.25, -0.2) is 0 Å². The summed E-state index contributed by atoms with van der Waals surface area (Å²) in [5, 5.41) is 0. The average molecular weight is 211 g/mol. The third-order valence-electron chi connectivity index (χ3n) is 4.21. The number of hydrogen-bond donors (Lipinski definition) is 1. The van der Waals surface area contributed by atoms with Gasteiger partial charge in [0.05, 0.1) is 0 Å². The highest BCUT2D eigenvalue weighted by molar-refractivity contribution is 4.88. The van der Waals surface area contributed by atoms with E-state index in [1.807, 2.05) is 0 Å². The largest absolute Gasteiger partial charge is 0.327 e. The smallest absolute Gasteiger partial charge is 0.0223 e. The lowest BCUT2D eigenvalue weighted by molar-refractivity contribution is 0.0269. The third-order valence-corrected chi connectivity index (χ3v) is 4.21. The van der Waals surface area contributed by atoms with Crippen molar-refractivity contribution in [2.75, 3.05) is 26.2 Å². The van der Waals surface area contributed by atoms with E-state index in [2.05, 4.69) is 23.6 Å². The Morgan fingerprint density at radius 1 is 1.13 bits per heavy atom. The second-order valence-corrected chi connectivity index (χ2v) is 5.28. The van der Waals surface area contributed by atoms with Crippen molar-refractivity contribution >= 4 is 0 Å². The Balaban J connectivity index is 1.90. The van der Waals surface area contributed by atoms with E-state index in [9.17, 15) is 0 Å². The van der Waals surface area contributed by atoms with Gasteiger partial charge in [-0.1, -0.05) is 6.42 Å². The van der Waals surface area contributed by atoms with Crippen LogP contribution in [0.15, 0.2) is 0 Å². The number of nitrogens with zero attached hydrogens (tertiary/aromatic N) is 2. The first-order valence-corrected chi connectivity index (χ1v) is 6.42. The van der Waals surface area contributed by atoms with Gasteiger partial charge in [0.15, 0.2) is 0 Å². The van der Waals surface area contributed by atoms with Crippen LogP contribution >= 0.6 is 0 Å². The van der Waals surface area contributed by atoms with Gasteiger partial charge in [-0.3, -0.25) is 9.80 Å². The predicted octanol–water partition coefficient (Wildman–Crippen LogP) is 0.892. The lowest BCUT2D eigenvalue weighted by Gasteiger charge is -2.46. The number of hydrogen-bond acceptors (Lipinski definition) is 3. The van der Waals surface area contributed by atoms with Crippen LogP contribution in [-0.2, 0) is 0 Å². The minimum Gasteiger partial charge on any atom is -0.327 e. The maximum absolute atomic E-state index is 5.98. The molecular weight excluding hydrogens is 186 g/mol. The standard InChI is InChI=1S/C12H25N3/c1-10(13)11(2)15-8-7-14-6-4-3-5-12(14)9-15/h10-12H,3-9,13H2,1-2H3. The van der Waals surface area contributed by atoms with Crippen molar-refractivity contribution in [1.82, 2.24) is 9.80 Å². The second kappa shape index (κ2) is 4.81. The molecule has 0 bridgehead atoms. The Bertz CT molecular complexity index is 205. The molecule has 2 aliphatic heterocycles. The first kappa shape index (κ1) is 11.4. The zero-order chi connectivity index (χ0) is 10.8. The van der Waals surface area contributed by atoms with Gasteiger partial charge < -0.3 is 5.73 Å². The molecule has 3 nitrogen and oxygen atoms in total. The molecular formula is C12H25N3. The molecule has 0 aromatic heterocycles. The molecule has 3 atom stereocenters. The van der Waals surface area contributed by atoms with Crippen LogP contribution in [0.3, 0.4) is 0 Å². The summed E-state index contributed by atoms with van der Waals surface area (Å²) in [5.74, 6) is 0. The van der Waals surface area contributed by atoms with Crippen LogP contribution in [0.4, 0.5) is 0 Å². The SMILES string of the molecule is CC(N)C(C)N1CCN2CCCCC2C1. The fourth-order valence-electron chi connectivity index (χ4n) is 2.88. The molecule has 0 aliphatic carbocycles. The molecule has 15 heavy (non-hydrogen) atoms. The highest BCUT2D eigenvalue weighted by atomic mass is 15.3. The molecule has 88 valence electrons. The highest BCUT2D eigenvalue weighted by Crippen LogP contribution is 2.22. The molecule has 0 saturated carbocycles. The molecule has 0 radical (unpaired) electrons. The molecule has 3 unspecified atom stereocenters. The van der Waals surface area contributed by atoms with Gasteiger partial charge in [0, 0.05) is 37.8 Å². The van der Waals surface area contributed by atoms with Crippen molar-refractivity contribution in [3.63, 3.8) is 0 Å². The second-order valence-electron chi connectivity index (χ2n) is 5.28. The molecule has 2 aliphatic rings. The van der Waals surface area contributed by atoms with E-state index in [1.165, 1.54) is 45.4 Å². The van der Waals surface area contributed by atoms with E-state index in [-0.39, 0.29) is 0 Å². The lowest BCUT2D eigenvalue weighted by atomic mass is 9.98. The minimum atomic E-state index is 0.292. The van der Waals surface area contributed by atoms with Gasteiger partial charge in [-0.05, 0) is 33.2 Å². The summed E-state index contributed by atoms with van der Waals surface area (Å²) in [7, 11) is 0. The van der Waals surface area contributed by atoms with Crippen molar-refractivity contribution in [3.05, 3.63) is 0 Å². The first-order chi connectivity index (χ1) is 7.18. The van der Waals surface area contributed by atoms with Crippen molar-refractivity contribution in [2.45, 2.75) is 51.2 Å². The van der Waals surface area contributed by atoms with E-state index in [1.54, 1.807) is 0 Å². The van der Waals surface area contributed by atoms with Gasteiger partial charge >= 0.3 is 0 Å². The Hall–Kier alpha value is -0.120. The quantitative estimate of drug-likeness (QED) is 0.736. The fraction of sp³-hybridized carbons (Fsp3) is 1.00. The fourth-order valence-corrected chi connectivity index (χ4v) is 2.88. The monoisotopic (exact) mass is 211 g/mol. The Kier molecular flexibility index (Phi) is 3.65. The molecule has 2 heterocycles. The number of fused-ring (bicyclic) bond motifs is 1. The van der Waals surface area contributed by atoms with Gasteiger partial charge in [-0.15, -0.1) is 0 Å². The zero-order valence-electron chi connectivity index (χ0n) is 10.2. The summed E-state index contributed by atoms with van der Waals surface area (Å²) in [6, 6.07) is 1.64. The van der Waals surface area contributed by atoms with E-state index < -0.39 is 0 Å². The normalized spacial score (nSPS) is 33.4. The van der Waals surface area contributed by atoms with Gasteiger partial charge in [0.1, 0.15) is 0 Å². The zero-order valence-corrected chi connectivity index (χ0v) is 10.2. The average Bonchev–Trinajstić information content (AvgIpc) is 2.27. The van der Waals surface area contributed by atoms with E-state index >= 15 is 0 Å². The number of rotatable bonds is 2. The molecule has 2 fully saturated rings. The number of piperidine rings is 1. The highest BCUT2D eigenvalue weighted by Gasteiger charge is 2.31. The van der Waals surface area contributed by atoms with Gasteiger partial charge in [0.2, 0.25) is 0 Å². The Labute approximate surface area is 93.6 Å². The minimum absolute atomic E-state index is 0.292. The van der Waals surface area contributed by atoms with Crippen LogP contribution in [-0.4, -0.2) is 54.1 Å². The van der Waals surface area contributed by atoms with Crippen molar-refractivity contribution in [1.29, 1.82) is 0 Å². The van der Waals surface area contributed by atoms with Crippen LogP contribution in [0.5, 0.6) is 0 Å². The van der Waals surface area contributed by atoms with Crippen LogP contribution in [0.25, 0.3) is 0 Å². The first-order valence-electron chi connectivity index (χ1n) is 6.42. The van der Waals surface area contributed by atoms with Crippen LogP contribution in [0.2, 0.25) is 0 Å². The molecule has 0 aromatic rings. The van der Waals surface area contributed by atoms with Crippen LogP contribution < -0.4 is 5.73 Å². The Morgan fingerprint density at radius 2 is 1.93 bits per heavy atom. The number of piperazine rings is 1. The molecule has 3 heteroatoms. The summed E-state index contributed by atoms with van der Waals surface area (Å²) in [6.07, 6.45) is 4.21. The maximum Gasteiger partial charge on any atom is 0.0223 e. The van der Waals surface area contributed by atoms with Crippen molar-refractivity contribution < 1.29 is 0 Å². The molecule has 2 saturated heterocycles. The Morgan fingerprint density at radius 3 is 2.67 bits per heavy atom. The summed E-state index contributed by atoms with van der Waals surface area (Å²) in [4.78, 5) is 5.26. The lowest BCUT2D eigenvalue weighted by Crippen LogP contribution is -2.59. The van der Waals surface area contributed by atoms with Crippen molar-refractivity contribution in [3.8, 4) is 0 Å².